The van der Waals surface area contributed by atoms with Crippen LogP contribution in [0.25, 0.3) is 11.6 Å². The minimum atomic E-state index is -0.393. The highest BCUT2D eigenvalue weighted by Crippen LogP contribution is 2.40. The van der Waals surface area contributed by atoms with Gasteiger partial charge < -0.3 is 10.2 Å². The molecule has 2 N–H and O–H groups in total. The maximum absolute atomic E-state index is 9.69. The molecule has 1 aliphatic carbocycles. The van der Waals surface area contributed by atoms with Crippen molar-refractivity contribution >= 4 is 11.6 Å². The molecule has 1 aliphatic rings. The second kappa shape index (κ2) is 3.84. The van der Waals surface area contributed by atoms with E-state index >= 15 is 0 Å². The van der Waals surface area contributed by atoms with Crippen LogP contribution in [0.3, 0.4) is 0 Å². The fourth-order valence-electron chi connectivity index (χ4n) is 1.84. The fraction of sp³-hybridized carbons (Fsp3) is 0.0714. The van der Waals surface area contributed by atoms with E-state index in [4.69, 9.17) is 5.26 Å². The van der Waals surface area contributed by atoms with Gasteiger partial charge in [0, 0.05) is 5.56 Å². The summed E-state index contributed by atoms with van der Waals surface area (Å²) in [4.78, 5) is 0. The molecule has 0 saturated heterocycles. The molecule has 0 radical (unpaired) electrons. The Kier molecular flexibility index (Phi) is 2.49. The van der Waals surface area contributed by atoms with Crippen molar-refractivity contribution in [1.29, 1.82) is 5.26 Å². The zero-order chi connectivity index (χ0) is 12.6. The van der Waals surface area contributed by atoms with Crippen molar-refractivity contribution in [2.45, 2.75) is 6.92 Å². The zero-order valence-electron chi connectivity index (χ0n) is 9.36. The van der Waals surface area contributed by atoms with Gasteiger partial charge in [-0.3, -0.25) is 0 Å². The van der Waals surface area contributed by atoms with Gasteiger partial charge in [-0.2, -0.15) is 5.26 Å². The molecule has 3 heteroatoms. The van der Waals surface area contributed by atoms with Gasteiger partial charge in [0.1, 0.15) is 11.6 Å². The smallest absolute Gasteiger partial charge is 0.176 e. The summed E-state index contributed by atoms with van der Waals surface area (Å²) in [6, 6.07) is 3.34. The summed E-state index contributed by atoms with van der Waals surface area (Å²) in [5.74, 6) is -0.687. The molecular weight excluding hydrogens is 214 g/mol. The molecule has 0 unspecified atom stereocenters. The van der Waals surface area contributed by atoms with Crippen molar-refractivity contribution in [3.8, 4) is 17.6 Å². The largest absolute Gasteiger partial charge is 0.504 e. The van der Waals surface area contributed by atoms with Crippen LogP contribution in [0.4, 0.5) is 0 Å². The van der Waals surface area contributed by atoms with Gasteiger partial charge >= 0.3 is 0 Å². The summed E-state index contributed by atoms with van der Waals surface area (Å²) in [5.41, 5.74) is 2.91. The molecule has 2 rings (SSSR count). The molecule has 0 spiro atoms. The van der Waals surface area contributed by atoms with E-state index in [1.54, 1.807) is 6.08 Å². The first kappa shape index (κ1) is 11.0. The topological polar surface area (TPSA) is 64.2 Å². The van der Waals surface area contributed by atoms with Crippen molar-refractivity contribution in [1.82, 2.24) is 0 Å². The zero-order valence-corrected chi connectivity index (χ0v) is 9.36. The third kappa shape index (κ3) is 1.60. The summed E-state index contributed by atoms with van der Waals surface area (Å²) in [6.07, 6.45) is 5.47. The molecule has 1 aromatic carbocycles. The van der Waals surface area contributed by atoms with E-state index in [9.17, 15) is 10.2 Å². The van der Waals surface area contributed by atoms with Crippen molar-refractivity contribution in [3.05, 3.63) is 47.1 Å². The Labute approximate surface area is 99.3 Å². The second-order valence-electron chi connectivity index (χ2n) is 3.88. The summed E-state index contributed by atoms with van der Waals surface area (Å²) < 4.78 is 0. The van der Waals surface area contributed by atoms with E-state index in [0.717, 1.165) is 5.57 Å². The third-order valence-electron chi connectivity index (χ3n) is 2.82. The number of aromatic hydroxyl groups is 2. The number of nitrogens with zero attached hydrogens (tertiary/aromatic N) is 1. The normalized spacial score (nSPS) is 13.6. The highest BCUT2D eigenvalue weighted by atomic mass is 16.3. The quantitative estimate of drug-likeness (QED) is 0.667. The molecule has 1 aromatic rings. The number of nitriles is 1. The van der Waals surface area contributed by atoms with Crippen LogP contribution in [0.15, 0.2) is 30.4 Å². The Hall–Kier alpha value is -2.47. The number of fused-ring (bicyclic) bond motifs is 1. The maximum atomic E-state index is 9.69. The van der Waals surface area contributed by atoms with Crippen molar-refractivity contribution in [2.24, 2.45) is 0 Å². The predicted octanol–water partition coefficient (Wildman–Crippen LogP) is 2.96. The number of hydrogen-bond acceptors (Lipinski definition) is 3. The van der Waals surface area contributed by atoms with E-state index in [1.807, 2.05) is 25.1 Å². The molecule has 0 aliphatic heterocycles. The molecule has 17 heavy (non-hydrogen) atoms. The summed E-state index contributed by atoms with van der Waals surface area (Å²) in [5, 5.41) is 28.3. The number of rotatable bonds is 0. The van der Waals surface area contributed by atoms with Gasteiger partial charge in [0.25, 0.3) is 0 Å². The molecule has 0 atom stereocenters. The molecule has 84 valence electrons. The van der Waals surface area contributed by atoms with E-state index in [1.165, 1.54) is 6.07 Å². The first-order chi connectivity index (χ1) is 8.06. The van der Waals surface area contributed by atoms with Gasteiger partial charge in [-0.05, 0) is 29.7 Å². The average Bonchev–Trinajstić information content (AvgIpc) is 2.43. The predicted molar refractivity (Wildman–Crippen MR) is 66.3 cm³/mol. The van der Waals surface area contributed by atoms with Gasteiger partial charge in [-0.1, -0.05) is 24.8 Å². The highest BCUT2D eigenvalue weighted by Gasteiger charge is 2.19. The van der Waals surface area contributed by atoms with Crippen LogP contribution in [-0.4, -0.2) is 10.2 Å². The molecule has 0 fully saturated rings. The van der Waals surface area contributed by atoms with Crippen molar-refractivity contribution in [3.63, 3.8) is 0 Å². The number of hydrogen-bond donors (Lipinski definition) is 2. The number of phenols is 2. The van der Waals surface area contributed by atoms with Gasteiger partial charge in [0.05, 0.1) is 0 Å². The number of allylic oxidation sites excluding steroid dienone is 4. The highest BCUT2D eigenvalue weighted by molar-refractivity contribution is 5.89. The van der Waals surface area contributed by atoms with Gasteiger partial charge in [-0.25, -0.2) is 0 Å². The van der Waals surface area contributed by atoms with Crippen molar-refractivity contribution < 1.29 is 10.2 Å². The van der Waals surface area contributed by atoms with Crippen molar-refractivity contribution in [2.75, 3.05) is 0 Å². The lowest BCUT2D eigenvalue weighted by molar-refractivity contribution is 0.402. The molecule has 0 bridgehead atoms. The van der Waals surface area contributed by atoms with Gasteiger partial charge in [0.2, 0.25) is 0 Å². The molecule has 3 nitrogen and oxygen atoms in total. The van der Waals surface area contributed by atoms with Gasteiger partial charge in [-0.15, -0.1) is 0 Å². The summed E-state index contributed by atoms with van der Waals surface area (Å²) >= 11 is 0. The Balaban J connectivity index is 2.86. The van der Waals surface area contributed by atoms with Crippen LogP contribution < -0.4 is 0 Å². The first-order valence-corrected chi connectivity index (χ1v) is 5.10. The minimum absolute atomic E-state index is 0.0595. The number of benzene rings is 1. The molecule has 0 heterocycles. The van der Waals surface area contributed by atoms with E-state index in [0.29, 0.717) is 16.7 Å². The summed E-state index contributed by atoms with van der Waals surface area (Å²) in [7, 11) is 0. The van der Waals surface area contributed by atoms with Crippen LogP contribution in [0.1, 0.15) is 23.6 Å². The lowest BCUT2D eigenvalue weighted by atomic mass is 9.92. The minimum Gasteiger partial charge on any atom is -0.504 e. The van der Waals surface area contributed by atoms with Crippen LogP contribution >= 0.6 is 0 Å². The van der Waals surface area contributed by atoms with Crippen LogP contribution in [0.2, 0.25) is 0 Å². The Morgan fingerprint density at radius 1 is 1.35 bits per heavy atom. The summed E-state index contributed by atoms with van der Waals surface area (Å²) in [6.45, 7) is 5.81. The Morgan fingerprint density at radius 3 is 2.71 bits per heavy atom. The Bertz CT molecular complexity index is 616. The van der Waals surface area contributed by atoms with Gasteiger partial charge in [0.15, 0.2) is 11.5 Å². The lowest BCUT2D eigenvalue weighted by Crippen LogP contribution is -1.94. The van der Waals surface area contributed by atoms with Crippen LogP contribution in [0.5, 0.6) is 11.5 Å². The lowest BCUT2D eigenvalue weighted by Gasteiger charge is -2.12. The maximum Gasteiger partial charge on any atom is 0.176 e. The molecule has 0 aromatic heterocycles. The second-order valence-corrected chi connectivity index (χ2v) is 3.88. The fourth-order valence-corrected chi connectivity index (χ4v) is 1.84. The standard InChI is InChI=1S/C14H11NO2/c1-8-4-3-5-10-6-12(16)14(17)11(7-15)13(10)9(8)2/h3-6,16-17H,2H2,1H3. The van der Waals surface area contributed by atoms with Crippen LogP contribution in [-0.2, 0) is 0 Å². The molecular formula is C14H11NO2. The van der Waals surface area contributed by atoms with Crippen LogP contribution in [0, 0.1) is 11.3 Å². The van der Waals surface area contributed by atoms with E-state index in [-0.39, 0.29) is 11.3 Å². The monoisotopic (exact) mass is 225 g/mol. The number of phenolic OH excluding ortho intramolecular Hbond substituents is 2. The first-order valence-electron chi connectivity index (χ1n) is 5.10. The van der Waals surface area contributed by atoms with E-state index < -0.39 is 5.75 Å². The Morgan fingerprint density at radius 2 is 2.06 bits per heavy atom. The SMILES string of the molecule is C=C1C(C)=CC=Cc2cc(O)c(O)c(C#N)c21. The average molecular weight is 225 g/mol. The van der Waals surface area contributed by atoms with E-state index in [2.05, 4.69) is 6.58 Å². The molecule has 0 saturated carbocycles. The third-order valence-corrected chi connectivity index (χ3v) is 2.82. The molecule has 0 amide bonds.